The van der Waals surface area contributed by atoms with Crippen LogP contribution in [-0.4, -0.2) is 53.9 Å². The summed E-state index contributed by atoms with van der Waals surface area (Å²) in [5.41, 5.74) is 6.55. The molecule has 0 radical (unpaired) electrons. The maximum absolute atomic E-state index is 14.0. The molecule has 1 unspecified atom stereocenters. The molecule has 1 amide bonds. The number of aromatic nitrogens is 2. The molecular weight excluding hydrogens is 409 g/mol. The van der Waals surface area contributed by atoms with E-state index >= 15 is 0 Å². The van der Waals surface area contributed by atoms with Gasteiger partial charge in [0, 0.05) is 48.5 Å². The first-order valence-corrected chi connectivity index (χ1v) is 10.4. The van der Waals surface area contributed by atoms with Crippen LogP contribution in [0.3, 0.4) is 0 Å². The van der Waals surface area contributed by atoms with E-state index in [1.165, 1.54) is 0 Å². The summed E-state index contributed by atoms with van der Waals surface area (Å²) in [5.74, 6) is 0.633. The van der Waals surface area contributed by atoms with Gasteiger partial charge in [0.2, 0.25) is 0 Å². The SMILES string of the molecule is Cc1ccc(-c2ncc(CNC(=O)C3(F)CC3)c(N3CCOC(CN)C3)n2)cc1Cl. The van der Waals surface area contributed by atoms with Gasteiger partial charge in [-0.05, 0) is 31.4 Å². The van der Waals surface area contributed by atoms with Crippen molar-refractivity contribution in [2.24, 2.45) is 5.73 Å². The fourth-order valence-electron chi connectivity index (χ4n) is 3.39. The number of halogens is 2. The molecular formula is C21H25ClFN5O2. The standard InChI is InChI=1S/C21H25ClFN5O2/c1-13-2-3-14(8-17(13)22)18-25-10-15(11-26-20(29)21(23)4-5-21)19(27-18)28-6-7-30-16(9-24)12-28/h2-3,8,10,16H,4-7,9,11-12,24H2,1H3,(H,26,29). The second kappa shape index (κ2) is 8.45. The van der Waals surface area contributed by atoms with Crippen molar-refractivity contribution >= 4 is 23.3 Å². The van der Waals surface area contributed by atoms with Gasteiger partial charge >= 0.3 is 0 Å². The predicted molar refractivity (Wildman–Crippen MR) is 113 cm³/mol. The number of hydrogen-bond donors (Lipinski definition) is 2. The number of benzene rings is 1. The molecule has 7 nitrogen and oxygen atoms in total. The van der Waals surface area contributed by atoms with E-state index in [1.54, 1.807) is 6.20 Å². The third-order valence-electron chi connectivity index (χ3n) is 5.51. The lowest BCUT2D eigenvalue weighted by Gasteiger charge is -2.34. The van der Waals surface area contributed by atoms with Gasteiger partial charge in [-0.25, -0.2) is 14.4 Å². The third-order valence-corrected chi connectivity index (χ3v) is 5.92. The van der Waals surface area contributed by atoms with Gasteiger partial charge in [-0.2, -0.15) is 0 Å². The van der Waals surface area contributed by atoms with Crippen LogP contribution in [0.2, 0.25) is 5.02 Å². The van der Waals surface area contributed by atoms with E-state index in [2.05, 4.69) is 15.2 Å². The number of nitrogens with one attached hydrogen (secondary N) is 1. The smallest absolute Gasteiger partial charge is 0.257 e. The number of aryl methyl sites for hydroxylation is 1. The van der Waals surface area contributed by atoms with E-state index < -0.39 is 11.6 Å². The summed E-state index contributed by atoms with van der Waals surface area (Å²) in [6, 6.07) is 5.67. The molecule has 9 heteroatoms. The Kier molecular flexibility index (Phi) is 5.90. The summed E-state index contributed by atoms with van der Waals surface area (Å²) in [6.45, 7) is 4.22. The molecule has 2 aromatic rings. The number of amides is 1. The van der Waals surface area contributed by atoms with Crippen molar-refractivity contribution in [2.45, 2.75) is 38.1 Å². The number of nitrogens with zero attached hydrogens (tertiary/aromatic N) is 3. The molecule has 1 aliphatic heterocycles. The van der Waals surface area contributed by atoms with Gasteiger partial charge in [0.1, 0.15) is 5.82 Å². The maximum Gasteiger partial charge on any atom is 0.257 e. The quantitative estimate of drug-likeness (QED) is 0.726. The van der Waals surface area contributed by atoms with Crippen LogP contribution in [0.5, 0.6) is 0 Å². The fourth-order valence-corrected chi connectivity index (χ4v) is 3.57. The van der Waals surface area contributed by atoms with E-state index in [9.17, 15) is 9.18 Å². The molecule has 2 aliphatic rings. The molecule has 4 rings (SSSR count). The van der Waals surface area contributed by atoms with E-state index in [1.807, 2.05) is 25.1 Å². The Hall–Kier alpha value is -2.29. The zero-order valence-corrected chi connectivity index (χ0v) is 17.6. The number of rotatable bonds is 6. The number of carbonyl (C=O) groups is 1. The van der Waals surface area contributed by atoms with E-state index in [0.29, 0.717) is 48.5 Å². The van der Waals surface area contributed by atoms with E-state index in [-0.39, 0.29) is 25.5 Å². The summed E-state index contributed by atoms with van der Waals surface area (Å²) in [4.78, 5) is 23.4. The second-order valence-corrected chi connectivity index (χ2v) is 8.24. The molecule has 1 aromatic heterocycles. The van der Waals surface area contributed by atoms with Gasteiger partial charge in [-0.15, -0.1) is 0 Å². The van der Waals surface area contributed by atoms with E-state index in [0.717, 1.165) is 11.1 Å². The van der Waals surface area contributed by atoms with Crippen molar-refractivity contribution < 1.29 is 13.9 Å². The zero-order chi connectivity index (χ0) is 21.3. The normalized spacial score (nSPS) is 20.1. The van der Waals surface area contributed by atoms with Gasteiger partial charge in [-0.3, -0.25) is 4.79 Å². The highest BCUT2D eigenvalue weighted by molar-refractivity contribution is 6.31. The molecule has 2 heterocycles. The maximum atomic E-state index is 14.0. The molecule has 3 N–H and O–H groups in total. The van der Waals surface area contributed by atoms with Crippen molar-refractivity contribution in [3.05, 3.63) is 40.5 Å². The van der Waals surface area contributed by atoms with Gasteiger partial charge in [0.05, 0.1) is 12.7 Å². The number of carbonyl (C=O) groups excluding carboxylic acids is 1. The Morgan fingerprint density at radius 3 is 2.97 bits per heavy atom. The highest BCUT2D eigenvalue weighted by Gasteiger charge is 2.50. The van der Waals surface area contributed by atoms with Crippen LogP contribution < -0.4 is 16.0 Å². The van der Waals surface area contributed by atoms with E-state index in [4.69, 9.17) is 27.1 Å². The summed E-state index contributed by atoms with van der Waals surface area (Å²) in [6.07, 6.45) is 2.12. The number of alkyl halides is 1. The topological polar surface area (TPSA) is 93.4 Å². The summed E-state index contributed by atoms with van der Waals surface area (Å²) < 4.78 is 19.7. The largest absolute Gasteiger partial charge is 0.373 e. The minimum atomic E-state index is -1.72. The van der Waals surface area contributed by atoms with Gasteiger partial charge in [0.25, 0.3) is 5.91 Å². The summed E-state index contributed by atoms with van der Waals surface area (Å²) in [5, 5.41) is 3.32. The van der Waals surface area contributed by atoms with Crippen LogP contribution in [0.25, 0.3) is 11.4 Å². The molecule has 2 fully saturated rings. The van der Waals surface area contributed by atoms with Crippen molar-refractivity contribution in [2.75, 3.05) is 31.1 Å². The lowest BCUT2D eigenvalue weighted by molar-refractivity contribution is -0.127. The first-order valence-electron chi connectivity index (χ1n) is 10.1. The van der Waals surface area contributed by atoms with Crippen LogP contribution in [-0.2, 0) is 16.1 Å². The molecule has 1 aromatic carbocycles. The zero-order valence-electron chi connectivity index (χ0n) is 16.8. The lowest BCUT2D eigenvalue weighted by atomic mass is 10.1. The molecule has 0 spiro atoms. The fraction of sp³-hybridized carbons (Fsp3) is 0.476. The van der Waals surface area contributed by atoms with Crippen LogP contribution in [0.15, 0.2) is 24.4 Å². The monoisotopic (exact) mass is 433 g/mol. The molecule has 0 bridgehead atoms. The van der Waals surface area contributed by atoms with Crippen LogP contribution >= 0.6 is 11.6 Å². The van der Waals surface area contributed by atoms with Gasteiger partial charge in [-0.1, -0.05) is 23.7 Å². The Labute approximate surface area is 179 Å². The average Bonchev–Trinajstić information content (AvgIpc) is 3.52. The van der Waals surface area contributed by atoms with Crippen molar-refractivity contribution in [3.63, 3.8) is 0 Å². The molecule has 30 heavy (non-hydrogen) atoms. The van der Waals surface area contributed by atoms with Crippen LogP contribution in [0.1, 0.15) is 24.0 Å². The second-order valence-electron chi connectivity index (χ2n) is 7.83. The number of morpholine rings is 1. The minimum absolute atomic E-state index is 0.103. The Morgan fingerprint density at radius 1 is 1.47 bits per heavy atom. The van der Waals surface area contributed by atoms with Crippen LogP contribution in [0.4, 0.5) is 10.2 Å². The predicted octanol–water partition coefficient (Wildman–Crippen LogP) is 2.39. The first-order chi connectivity index (χ1) is 14.4. The average molecular weight is 434 g/mol. The van der Waals surface area contributed by atoms with Gasteiger partial charge < -0.3 is 20.7 Å². The number of nitrogens with two attached hydrogens (primary N) is 1. The number of anilines is 1. The highest BCUT2D eigenvalue weighted by Crippen LogP contribution is 2.40. The Balaban J connectivity index is 1.64. The van der Waals surface area contributed by atoms with Crippen molar-refractivity contribution in [3.8, 4) is 11.4 Å². The lowest BCUT2D eigenvalue weighted by Crippen LogP contribution is -2.46. The van der Waals surface area contributed by atoms with Gasteiger partial charge in [0.15, 0.2) is 11.5 Å². The number of ether oxygens (including phenoxy) is 1. The molecule has 1 atom stereocenters. The Bertz CT molecular complexity index is 953. The molecule has 1 saturated carbocycles. The minimum Gasteiger partial charge on any atom is -0.373 e. The van der Waals surface area contributed by atoms with Crippen molar-refractivity contribution in [1.82, 2.24) is 15.3 Å². The van der Waals surface area contributed by atoms with Crippen LogP contribution in [0, 0.1) is 6.92 Å². The summed E-state index contributed by atoms with van der Waals surface area (Å²) in [7, 11) is 0. The van der Waals surface area contributed by atoms with Crippen molar-refractivity contribution in [1.29, 1.82) is 0 Å². The molecule has 160 valence electrons. The Morgan fingerprint density at radius 2 is 2.27 bits per heavy atom. The molecule has 1 aliphatic carbocycles. The summed E-state index contributed by atoms with van der Waals surface area (Å²) >= 11 is 6.28. The first kappa shape index (κ1) is 21.0. The molecule has 1 saturated heterocycles. The number of hydrogen-bond acceptors (Lipinski definition) is 6. The highest BCUT2D eigenvalue weighted by atomic mass is 35.5. The third kappa shape index (κ3) is 4.40.